The van der Waals surface area contributed by atoms with Gasteiger partial charge in [0.05, 0.1) is 5.56 Å². The summed E-state index contributed by atoms with van der Waals surface area (Å²) < 4.78 is 0. The van der Waals surface area contributed by atoms with E-state index >= 15 is 0 Å². The molecule has 0 aromatic heterocycles. The second-order valence-electron chi connectivity index (χ2n) is 5.84. The zero-order valence-electron chi connectivity index (χ0n) is 13.7. The third-order valence-electron chi connectivity index (χ3n) is 3.02. The highest BCUT2D eigenvalue weighted by molar-refractivity contribution is 6.32. The molecule has 2 amide bonds. The zero-order chi connectivity index (χ0) is 16.9. The van der Waals surface area contributed by atoms with Crippen LogP contribution in [0.25, 0.3) is 0 Å². The van der Waals surface area contributed by atoms with Crippen LogP contribution >= 0.6 is 11.6 Å². The number of carbonyl (C=O) groups excluding carboxylic acids is 2. The van der Waals surface area contributed by atoms with E-state index < -0.39 is 5.38 Å². The van der Waals surface area contributed by atoms with Gasteiger partial charge in [-0.3, -0.25) is 9.59 Å². The lowest BCUT2D eigenvalue weighted by molar-refractivity contribution is -0.115. The number of halogens is 1. The maximum Gasteiger partial charge on any atom is 0.253 e. The topological polar surface area (TPSA) is 61.4 Å². The Morgan fingerprint density at radius 2 is 1.86 bits per heavy atom. The molecule has 0 saturated carbocycles. The number of amides is 2. The molecule has 0 spiro atoms. The lowest BCUT2D eigenvalue weighted by atomic mass is 10.1. The molecular formula is C16H24ClN3O2. The molecule has 0 heterocycles. The van der Waals surface area contributed by atoms with Gasteiger partial charge in [-0.05, 0) is 31.0 Å². The van der Waals surface area contributed by atoms with Gasteiger partial charge in [0.25, 0.3) is 5.91 Å². The first-order chi connectivity index (χ1) is 10.2. The molecular weight excluding hydrogens is 302 g/mol. The second-order valence-corrected chi connectivity index (χ2v) is 6.49. The number of hydrogen-bond acceptors (Lipinski definition) is 3. The standard InChI is InChI=1S/C16H24ClN3O2/c1-10(2)9-18-16(22)13-8-12(19-15(21)11(3)17)6-7-14(13)20(4)5/h6-8,10-11H,9H2,1-5H3,(H,18,22)(H,19,21). The molecule has 1 rings (SSSR count). The summed E-state index contributed by atoms with van der Waals surface area (Å²) in [7, 11) is 3.74. The zero-order valence-corrected chi connectivity index (χ0v) is 14.5. The third kappa shape index (κ3) is 5.22. The van der Waals surface area contributed by atoms with E-state index in [0.717, 1.165) is 5.69 Å². The summed E-state index contributed by atoms with van der Waals surface area (Å²) in [5.74, 6) is -0.0908. The van der Waals surface area contributed by atoms with Crippen molar-refractivity contribution >= 4 is 34.8 Å². The van der Waals surface area contributed by atoms with Crippen LogP contribution in [0.3, 0.4) is 0 Å². The summed E-state index contributed by atoms with van der Waals surface area (Å²) >= 11 is 5.75. The summed E-state index contributed by atoms with van der Waals surface area (Å²) in [6.45, 7) is 6.26. The largest absolute Gasteiger partial charge is 0.377 e. The maximum absolute atomic E-state index is 12.4. The molecule has 22 heavy (non-hydrogen) atoms. The minimum atomic E-state index is -0.633. The van der Waals surface area contributed by atoms with E-state index in [1.807, 2.05) is 32.8 Å². The summed E-state index contributed by atoms with van der Waals surface area (Å²) in [4.78, 5) is 25.9. The van der Waals surface area contributed by atoms with E-state index in [1.54, 1.807) is 25.1 Å². The minimum absolute atomic E-state index is 0.160. The Bertz CT molecular complexity index is 542. The van der Waals surface area contributed by atoms with Crippen molar-refractivity contribution in [3.63, 3.8) is 0 Å². The number of rotatable bonds is 6. The molecule has 0 bridgehead atoms. The Morgan fingerprint density at radius 1 is 1.23 bits per heavy atom. The van der Waals surface area contributed by atoms with E-state index in [2.05, 4.69) is 10.6 Å². The highest BCUT2D eigenvalue weighted by atomic mass is 35.5. The normalized spacial score (nSPS) is 12.0. The van der Waals surface area contributed by atoms with Crippen LogP contribution in [0.2, 0.25) is 0 Å². The first-order valence-corrected chi connectivity index (χ1v) is 7.70. The predicted molar refractivity (Wildman–Crippen MR) is 91.9 cm³/mol. The molecule has 6 heteroatoms. The number of nitrogens with one attached hydrogen (secondary N) is 2. The number of hydrogen-bond donors (Lipinski definition) is 2. The smallest absolute Gasteiger partial charge is 0.253 e. The molecule has 5 nitrogen and oxygen atoms in total. The van der Waals surface area contributed by atoms with Crippen LogP contribution in [0.1, 0.15) is 31.1 Å². The van der Waals surface area contributed by atoms with E-state index in [-0.39, 0.29) is 11.8 Å². The van der Waals surface area contributed by atoms with Crippen LogP contribution in [0.4, 0.5) is 11.4 Å². The lowest BCUT2D eigenvalue weighted by Crippen LogP contribution is -2.29. The Balaban J connectivity index is 3.04. The van der Waals surface area contributed by atoms with Crippen LogP contribution in [0, 0.1) is 5.92 Å². The number of carbonyl (C=O) groups is 2. The van der Waals surface area contributed by atoms with Crippen molar-refractivity contribution in [2.75, 3.05) is 30.9 Å². The quantitative estimate of drug-likeness (QED) is 0.791. The fourth-order valence-electron chi connectivity index (χ4n) is 1.82. The van der Waals surface area contributed by atoms with E-state index in [1.165, 1.54) is 0 Å². The number of nitrogens with zero attached hydrogens (tertiary/aromatic N) is 1. The van der Waals surface area contributed by atoms with Gasteiger partial charge in [0.15, 0.2) is 0 Å². The fourth-order valence-corrected chi connectivity index (χ4v) is 1.87. The molecule has 1 aromatic rings. The average molecular weight is 326 g/mol. The number of anilines is 2. The highest BCUT2D eigenvalue weighted by Gasteiger charge is 2.16. The van der Waals surface area contributed by atoms with Crippen molar-refractivity contribution in [2.45, 2.75) is 26.1 Å². The molecule has 0 radical (unpaired) electrons. The summed E-state index contributed by atoms with van der Waals surface area (Å²) in [5, 5.41) is 4.96. The van der Waals surface area contributed by atoms with E-state index in [9.17, 15) is 9.59 Å². The van der Waals surface area contributed by atoms with Gasteiger partial charge in [-0.15, -0.1) is 11.6 Å². The number of benzene rings is 1. The lowest BCUT2D eigenvalue weighted by Gasteiger charge is -2.19. The molecule has 0 aliphatic rings. The summed E-state index contributed by atoms with van der Waals surface area (Å²) in [5.41, 5.74) is 1.86. The van der Waals surface area contributed by atoms with Crippen LogP contribution < -0.4 is 15.5 Å². The second kappa shape index (κ2) is 8.03. The van der Waals surface area contributed by atoms with Gasteiger partial charge in [-0.2, -0.15) is 0 Å². The maximum atomic E-state index is 12.4. The van der Waals surface area contributed by atoms with Gasteiger partial charge in [0, 0.05) is 32.0 Å². The third-order valence-corrected chi connectivity index (χ3v) is 3.22. The first-order valence-electron chi connectivity index (χ1n) is 7.27. The van der Waals surface area contributed by atoms with Gasteiger partial charge in [-0.25, -0.2) is 0 Å². The molecule has 122 valence electrons. The van der Waals surface area contributed by atoms with Crippen molar-refractivity contribution in [1.29, 1.82) is 0 Å². The Hall–Kier alpha value is -1.75. The fraction of sp³-hybridized carbons (Fsp3) is 0.500. The molecule has 1 unspecified atom stereocenters. The van der Waals surface area contributed by atoms with E-state index in [0.29, 0.717) is 23.7 Å². The monoisotopic (exact) mass is 325 g/mol. The van der Waals surface area contributed by atoms with Crippen LogP contribution in [0.5, 0.6) is 0 Å². The summed E-state index contributed by atoms with van der Waals surface area (Å²) in [6, 6.07) is 5.23. The molecule has 1 aromatic carbocycles. The molecule has 1 atom stereocenters. The molecule has 0 saturated heterocycles. The molecule has 0 aliphatic carbocycles. The van der Waals surface area contributed by atoms with Crippen molar-refractivity contribution in [3.05, 3.63) is 23.8 Å². The Kier molecular flexibility index (Phi) is 6.68. The van der Waals surface area contributed by atoms with Gasteiger partial charge in [0.1, 0.15) is 5.38 Å². The van der Waals surface area contributed by atoms with Crippen molar-refractivity contribution in [2.24, 2.45) is 5.92 Å². The van der Waals surface area contributed by atoms with Crippen molar-refractivity contribution in [3.8, 4) is 0 Å². The van der Waals surface area contributed by atoms with Gasteiger partial charge >= 0.3 is 0 Å². The van der Waals surface area contributed by atoms with Gasteiger partial charge < -0.3 is 15.5 Å². The molecule has 2 N–H and O–H groups in total. The average Bonchev–Trinajstić information content (AvgIpc) is 2.44. The van der Waals surface area contributed by atoms with Crippen LogP contribution in [-0.4, -0.2) is 37.8 Å². The molecule has 0 fully saturated rings. The SMILES string of the molecule is CC(C)CNC(=O)c1cc(NC(=O)C(C)Cl)ccc1N(C)C. The summed E-state index contributed by atoms with van der Waals surface area (Å²) in [6.07, 6.45) is 0. The Labute approximate surface area is 137 Å². The van der Waals surface area contributed by atoms with Gasteiger partial charge in [-0.1, -0.05) is 13.8 Å². The van der Waals surface area contributed by atoms with Gasteiger partial charge in [0.2, 0.25) is 5.91 Å². The first kappa shape index (κ1) is 18.3. The van der Waals surface area contributed by atoms with E-state index in [4.69, 9.17) is 11.6 Å². The number of alkyl halides is 1. The highest BCUT2D eigenvalue weighted by Crippen LogP contribution is 2.23. The molecule has 0 aliphatic heterocycles. The van der Waals surface area contributed by atoms with Crippen LogP contribution in [0.15, 0.2) is 18.2 Å². The minimum Gasteiger partial charge on any atom is -0.377 e. The van der Waals surface area contributed by atoms with Crippen molar-refractivity contribution < 1.29 is 9.59 Å². The van der Waals surface area contributed by atoms with Crippen molar-refractivity contribution in [1.82, 2.24) is 5.32 Å². The van der Waals surface area contributed by atoms with Crippen LogP contribution in [-0.2, 0) is 4.79 Å². The Morgan fingerprint density at radius 3 is 2.36 bits per heavy atom. The predicted octanol–water partition coefficient (Wildman–Crippen LogP) is 2.70.